The van der Waals surface area contributed by atoms with Crippen LogP contribution in [0.1, 0.15) is 89.5 Å². The van der Waals surface area contributed by atoms with E-state index in [1.54, 1.807) is 0 Å². The minimum absolute atomic E-state index is 0.0119. The van der Waals surface area contributed by atoms with Crippen molar-refractivity contribution in [2.24, 2.45) is 29.6 Å². The zero-order chi connectivity index (χ0) is 31.3. The van der Waals surface area contributed by atoms with Gasteiger partial charge in [0.15, 0.2) is 6.29 Å². The van der Waals surface area contributed by atoms with Gasteiger partial charge in [0.05, 0.1) is 24.7 Å². The van der Waals surface area contributed by atoms with Crippen LogP contribution in [0.15, 0.2) is 42.5 Å². The Morgan fingerprint density at radius 1 is 0.750 bits per heavy atom. The van der Waals surface area contributed by atoms with Gasteiger partial charge in [-0.3, -0.25) is 0 Å². The molecule has 44 heavy (non-hydrogen) atoms. The molecule has 1 aliphatic heterocycles. The molecule has 3 aliphatic rings. The van der Waals surface area contributed by atoms with E-state index in [9.17, 15) is 17.6 Å². The second-order valence-electron chi connectivity index (χ2n) is 13.1. The van der Waals surface area contributed by atoms with E-state index in [1.165, 1.54) is 31.4 Å². The van der Waals surface area contributed by atoms with Gasteiger partial charge in [-0.05, 0) is 99.5 Å². The SMILES string of the molecule is CCCCCC1COC(C2CCC(C3CCC(C(F)(F)Oc4ccc(-c5ccc(C(F)(F)F)cc5)c(F)c4)CC3)CC2)OC1. The fourth-order valence-electron chi connectivity index (χ4n) is 7.37. The number of hydrogen-bond donors (Lipinski definition) is 0. The molecule has 3 fully saturated rings. The normalized spacial score (nSPS) is 28.5. The number of ether oxygens (including phenoxy) is 3. The lowest BCUT2D eigenvalue weighted by Crippen LogP contribution is -2.40. The lowest BCUT2D eigenvalue weighted by atomic mass is 9.69. The molecule has 0 unspecified atom stereocenters. The molecular weight excluding hydrogens is 582 g/mol. The van der Waals surface area contributed by atoms with Crippen LogP contribution in [0.25, 0.3) is 11.1 Å². The third-order valence-corrected chi connectivity index (χ3v) is 10.0. The highest BCUT2D eigenvalue weighted by atomic mass is 19.4. The van der Waals surface area contributed by atoms with Crippen molar-refractivity contribution in [1.82, 2.24) is 0 Å². The molecule has 0 spiro atoms. The number of halogens is 6. The molecular formula is C35H44F6O3. The minimum Gasteiger partial charge on any atom is -0.432 e. The van der Waals surface area contributed by atoms with E-state index in [1.807, 2.05) is 0 Å². The molecule has 1 heterocycles. The Kier molecular flexibility index (Phi) is 10.9. The highest BCUT2D eigenvalue weighted by Crippen LogP contribution is 2.46. The first kappa shape index (κ1) is 33.1. The molecule has 9 heteroatoms. The van der Waals surface area contributed by atoms with Gasteiger partial charge in [-0.25, -0.2) is 4.39 Å². The molecule has 2 aliphatic carbocycles. The molecule has 5 rings (SSSR count). The molecule has 0 bridgehead atoms. The Balaban J connectivity index is 1.06. The molecule has 1 saturated heterocycles. The maximum Gasteiger partial charge on any atom is 0.416 e. The van der Waals surface area contributed by atoms with Gasteiger partial charge in [-0.1, -0.05) is 38.3 Å². The van der Waals surface area contributed by atoms with E-state index in [2.05, 4.69) is 6.92 Å². The predicted molar refractivity (Wildman–Crippen MR) is 157 cm³/mol. The summed E-state index contributed by atoms with van der Waals surface area (Å²) in [5.41, 5.74) is -0.623. The zero-order valence-electron chi connectivity index (χ0n) is 25.4. The molecule has 3 nitrogen and oxygen atoms in total. The lowest BCUT2D eigenvalue weighted by Gasteiger charge is -2.41. The van der Waals surface area contributed by atoms with Gasteiger partial charge in [0.25, 0.3) is 0 Å². The zero-order valence-corrected chi connectivity index (χ0v) is 25.4. The standard InChI is InChI=1S/C35H44F6O3/c1-2-3-4-5-23-21-42-33(43-22-23)27-8-6-24(7-9-27)25-10-16-29(17-11-25)35(40,41)44-30-18-19-31(32(36)20-30)26-12-14-28(15-13-26)34(37,38)39/h12-15,18-20,23-25,27,29,33H,2-11,16-17,21-22H2,1H3. The average molecular weight is 627 g/mol. The van der Waals surface area contributed by atoms with Crippen molar-refractivity contribution < 1.29 is 40.6 Å². The molecule has 0 aromatic heterocycles. The van der Waals surface area contributed by atoms with E-state index < -0.39 is 29.6 Å². The van der Waals surface area contributed by atoms with Crippen LogP contribution in [0.4, 0.5) is 26.3 Å². The van der Waals surface area contributed by atoms with Crippen molar-refractivity contribution in [3.05, 3.63) is 53.8 Å². The van der Waals surface area contributed by atoms with E-state index >= 15 is 8.78 Å². The van der Waals surface area contributed by atoms with Gasteiger partial charge in [0.1, 0.15) is 11.6 Å². The maximum atomic E-state index is 15.2. The lowest BCUT2D eigenvalue weighted by molar-refractivity contribution is -0.232. The highest BCUT2D eigenvalue weighted by Gasteiger charge is 2.45. The third kappa shape index (κ3) is 8.31. The summed E-state index contributed by atoms with van der Waals surface area (Å²) in [5.74, 6) is -0.252. The Morgan fingerprint density at radius 2 is 1.34 bits per heavy atom. The van der Waals surface area contributed by atoms with Crippen LogP contribution in [0, 0.1) is 35.4 Å². The Hall–Kier alpha value is -2.26. The summed E-state index contributed by atoms with van der Waals surface area (Å²) in [5, 5.41) is 0. The van der Waals surface area contributed by atoms with Gasteiger partial charge in [-0.2, -0.15) is 22.0 Å². The predicted octanol–water partition coefficient (Wildman–Crippen LogP) is 10.7. The summed E-state index contributed by atoms with van der Waals surface area (Å²) in [6, 6.07) is 7.40. The second kappa shape index (κ2) is 14.4. The Labute approximate surface area is 256 Å². The number of benzene rings is 2. The fraction of sp³-hybridized carbons (Fsp3) is 0.657. The van der Waals surface area contributed by atoms with Crippen molar-refractivity contribution in [3.63, 3.8) is 0 Å². The molecule has 0 N–H and O–H groups in total. The summed E-state index contributed by atoms with van der Waals surface area (Å²) >= 11 is 0. The highest BCUT2D eigenvalue weighted by molar-refractivity contribution is 5.65. The summed E-state index contributed by atoms with van der Waals surface area (Å²) < 4.78 is 101. The van der Waals surface area contributed by atoms with Crippen LogP contribution < -0.4 is 4.74 Å². The Bertz CT molecular complexity index is 1180. The molecule has 2 aromatic rings. The monoisotopic (exact) mass is 626 g/mol. The van der Waals surface area contributed by atoms with Gasteiger partial charge in [0.2, 0.25) is 0 Å². The minimum atomic E-state index is -4.50. The third-order valence-electron chi connectivity index (χ3n) is 10.0. The van der Waals surface area contributed by atoms with Crippen LogP contribution in [-0.4, -0.2) is 25.6 Å². The van der Waals surface area contributed by atoms with Crippen molar-refractivity contribution in [1.29, 1.82) is 0 Å². The van der Waals surface area contributed by atoms with E-state index in [4.69, 9.17) is 14.2 Å². The maximum absolute atomic E-state index is 15.2. The number of unbranched alkanes of at least 4 members (excludes halogenated alkanes) is 2. The van der Waals surface area contributed by atoms with Crippen LogP contribution >= 0.6 is 0 Å². The van der Waals surface area contributed by atoms with E-state index in [0.717, 1.165) is 88.5 Å². The first-order valence-electron chi connectivity index (χ1n) is 16.3. The number of rotatable bonds is 10. The summed E-state index contributed by atoms with van der Waals surface area (Å²) in [4.78, 5) is 0. The van der Waals surface area contributed by atoms with Gasteiger partial charge < -0.3 is 14.2 Å². The summed E-state index contributed by atoms with van der Waals surface area (Å²) in [6.45, 7) is 3.77. The number of hydrogen-bond acceptors (Lipinski definition) is 3. The van der Waals surface area contributed by atoms with Crippen molar-refractivity contribution in [2.75, 3.05) is 13.2 Å². The van der Waals surface area contributed by atoms with Crippen LogP contribution in [0.5, 0.6) is 5.75 Å². The molecule has 0 atom stereocenters. The van der Waals surface area contributed by atoms with Crippen molar-refractivity contribution >= 4 is 0 Å². The summed E-state index contributed by atoms with van der Waals surface area (Å²) in [6.07, 6.45) is 3.15. The van der Waals surface area contributed by atoms with Crippen LogP contribution in [0.3, 0.4) is 0 Å². The molecule has 244 valence electrons. The van der Waals surface area contributed by atoms with Crippen molar-refractivity contribution in [2.45, 2.75) is 103 Å². The smallest absolute Gasteiger partial charge is 0.416 e. The molecule has 2 saturated carbocycles. The van der Waals surface area contributed by atoms with E-state index in [-0.39, 0.29) is 23.2 Å². The number of alkyl halides is 5. The van der Waals surface area contributed by atoms with Crippen molar-refractivity contribution in [3.8, 4) is 16.9 Å². The Morgan fingerprint density at radius 3 is 1.91 bits per heavy atom. The van der Waals surface area contributed by atoms with Gasteiger partial charge in [0, 0.05) is 23.5 Å². The second-order valence-corrected chi connectivity index (χ2v) is 13.1. The largest absolute Gasteiger partial charge is 0.432 e. The first-order chi connectivity index (χ1) is 21.0. The molecule has 0 radical (unpaired) electrons. The van der Waals surface area contributed by atoms with E-state index in [0.29, 0.717) is 36.5 Å². The van der Waals surface area contributed by atoms with Gasteiger partial charge >= 0.3 is 12.3 Å². The van der Waals surface area contributed by atoms with Gasteiger partial charge in [-0.15, -0.1) is 0 Å². The van der Waals surface area contributed by atoms with Crippen LogP contribution in [-0.2, 0) is 15.7 Å². The first-order valence-corrected chi connectivity index (χ1v) is 16.3. The fourth-order valence-corrected chi connectivity index (χ4v) is 7.37. The summed E-state index contributed by atoms with van der Waals surface area (Å²) in [7, 11) is 0. The average Bonchev–Trinajstić information content (AvgIpc) is 3.01. The topological polar surface area (TPSA) is 27.7 Å². The quantitative estimate of drug-likeness (QED) is 0.194. The molecule has 0 amide bonds. The molecule has 2 aromatic carbocycles. The van der Waals surface area contributed by atoms with Crippen LogP contribution in [0.2, 0.25) is 0 Å².